The summed E-state index contributed by atoms with van der Waals surface area (Å²) < 4.78 is 16.3. The number of unbranched alkanes of at least 4 members (excludes halogenated alkanes) is 1. The Hall–Kier alpha value is -4.86. The molecular formula is C29H43ClN10O6. The molecule has 0 aliphatic carbocycles. The molecule has 0 saturated heterocycles. The van der Waals surface area contributed by atoms with Crippen LogP contribution < -0.4 is 32.6 Å². The highest BCUT2D eigenvalue weighted by molar-refractivity contribution is 6.31. The van der Waals surface area contributed by atoms with E-state index in [0.29, 0.717) is 18.7 Å². The van der Waals surface area contributed by atoms with Gasteiger partial charge in [-0.25, -0.2) is 24.5 Å². The number of nitrogen functional groups attached to an aromatic ring is 2. The average Bonchev–Trinajstić information content (AvgIpc) is 2.91. The van der Waals surface area contributed by atoms with Gasteiger partial charge in [-0.2, -0.15) is 0 Å². The van der Waals surface area contributed by atoms with Crippen molar-refractivity contribution in [3.8, 4) is 5.75 Å². The fraction of sp³-hybridized carbons (Fsp3) is 0.483. The topological polar surface area (TPSA) is 246 Å². The van der Waals surface area contributed by atoms with Gasteiger partial charge in [-0.1, -0.05) is 23.7 Å². The predicted octanol–water partition coefficient (Wildman–Crippen LogP) is 3.44. The van der Waals surface area contributed by atoms with Crippen molar-refractivity contribution >= 4 is 53.2 Å². The number of nitrogens with one attached hydrogen (secondary N) is 3. The van der Waals surface area contributed by atoms with E-state index in [1.165, 1.54) is 0 Å². The number of aliphatic imine (C=N–C) groups is 1. The van der Waals surface area contributed by atoms with E-state index in [2.05, 4.69) is 25.6 Å². The van der Waals surface area contributed by atoms with Gasteiger partial charge in [-0.15, -0.1) is 0 Å². The molecule has 1 aromatic heterocycles. The van der Waals surface area contributed by atoms with Crippen LogP contribution in [0.3, 0.4) is 0 Å². The van der Waals surface area contributed by atoms with Crippen molar-refractivity contribution < 1.29 is 28.6 Å². The zero-order valence-electron chi connectivity index (χ0n) is 26.9. The summed E-state index contributed by atoms with van der Waals surface area (Å²) in [5.74, 6) is -1.01. The van der Waals surface area contributed by atoms with Crippen LogP contribution in [-0.4, -0.2) is 75.8 Å². The smallest absolute Gasteiger partial charge is 0.417 e. The quantitative estimate of drug-likeness (QED) is 0.122. The molecule has 0 bridgehead atoms. The first-order valence-corrected chi connectivity index (χ1v) is 14.7. The van der Waals surface area contributed by atoms with Crippen LogP contribution in [0.5, 0.6) is 5.75 Å². The van der Waals surface area contributed by atoms with Crippen molar-refractivity contribution in [2.45, 2.75) is 72.0 Å². The van der Waals surface area contributed by atoms with Gasteiger partial charge >= 0.3 is 12.2 Å². The Morgan fingerprint density at radius 3 is 2.20 bits per heavy atom. The fourth-order valence-electron chi connectivity index (χ4n) is 3.55. The van der Waals surface area contributed by atoms with Crippen LogP contribution in [0.15, 0.2) is 29.3 Å². The standard InChI is InChI=1S/C29H43ClN10O6/c1-28(2,3)45-26(42)39-25(34)40(27(43)46-29(4,5)6)15-16-44-18-12-10-17(11-13-18)9-7-8-14-35-24(33)38-23(41)19-21(31)37-22(32)20(30)36-19/h10-13H,7-9,14-16H2,1-6H3,(H4,31,32,37)(H2,34,39,42)(H3,33,35,38,41). The van der Waals surface area contributed by atoms with E-state index in [9.17, 15) is 14.4 Å². The lowest BCUT2D eigenvalue weighted by Crippen LogP contribution is -2.50. The highest BCUT2D eigenvalue weighted by Gasteiger charge is 2.27. The van der Waals surface area contributed by atoms with Gasteiger partial charge in [0.05, 0.1) is 6.54 Å². The maximum Gasteiger partial charge on any atom is 0.417 e. The minimum Gasteiger partial charge on any atom is -0.492 e. The minimum atomic E-state index is -0.870. The molecule has 3 amide bonds. The maximum absolute atomic E-state index is 12.7. The number of guanidine groups is 2. The van der Waals surface area contributed by atoms with Crippen LogP contribution in [0.2, 0.25) is 5.15 Å². The zero-order valence-corrected chi connectivity index (χ0v) is 27.7. The van der Waals surface area contributed by atoms with E-state index < -0.39 is 35.3 Å². The monoisotopic (exact) mass is 662 g/mol. The number of aryl methyl sites for hydroxylation is 1. The summed E-state index contributed by atoms with van der Waals surface area (Å²) in [6.07, 6.45) is 0.582. The molecule has 1 heterocycles. The lowest BCUT2D eigenvalue weighted by Gasteiger charge is -2.28. The number of carbonyl (C=O) groups excluding carboxylic acids is 3. The van der Waals surface area contributed by atoms with Crippen LogP contribution >= 0.6 is 11.6 Å². The molecule has 17 heteroatoms. The largest absolute Gasteiger partial charge is 0.492 e. The Morgan fingerprint density at radius 1 is 0.957 bits per heavy atom. The van der Waals surface area contributed by atoms with Gasteiger partial charge in [0.15, 0.2) is 28.4 Å². The van der Waals surface area contributed by atoms with Crippen molar-refractivity contribution in [2.24, 2.45) is 10.7 Å². The molecule has 0 unspecified atom stereocenters. The summed E-state index contributed by atoms with van der Waals surface area (Å²) in [4.78, 5) is 49.9. The summed E-state index contributed by atoms with van der Waals surface area (Å²) in [5.41, 5.74) is 16.2. The third-order valence-electron chi connectivity index (χ3n) is 5.53. The normalized spacial score (nSPS) is 11.8. The Labute approximate surface area is 272 Å². The lowest BCUT2D eigenvalue weighted by molar-refractivity contribution is 0.0340. The van der Waals surface area contributed by atoms with Crippen molar-refractivity contribution in [2.75, 3.05) is 31.2 Å². The summed E-state index contributed by atoms with van der Waals surface area (Å²) in [6.45, 7) is 10.5. The van der Waals surface area contributed by atoms with Crippen LogP contribution in [-0.2, 0) is 15.9 Å². The summed E-state index contributed by atoms with van der Waals surface area (Å²) in [5, 5.41) is 12.7. The second-order valence-corrected chi connectivity index (χ2v) is 12.3. The Kier molecular flexibility index (Phi) is 13.3. The molecule has 0 radical (unpaired) electrons. The number of halogens is 1. The maximum atomic E-state index is 12.7. The SMILES string of the molecule is CC(C)(C)OC(=O)NC(=N)N(CCOc1ccc(CCCCN=C(N)NC(=O)c2nc(Cl)c(N)nc2N)cc1)C(=O)OC(C)(C)C. The average molecular weight is 663 g/mol. The molecule has 0 saturated carbocycles. The number of amides is 3. The van der Waals surface area contributed by atoms with Crippen molar-refractivity contribution in [3.63, 3.8) is 0 Å². The molecule has 1 aromatic carbocycles. The van der Waals surface area contributed by atoms with Gasteiger partial charge < -0.3 is 31.4 Å². The predicted molar refractivity (Wildman–Crippen MR) is 175 cm³/mol. The second-order valence-electron chi connectivity index (χ2n) is 11.9. The number of carbonyl (C=O) groups is 3. The van der Waals surface area contributed by atoms with Gasteiger partial charge in [-0.3, -0.25) is 25.8 Å². The number of hydrogen-bond donors (Lipinski definition) is 6. The number of rotatable bonds is 10. The van der Waals surface area contributed by atoms with Gasteiger partial charge in [0.2, 0.25) is 5.96 Å². The van der Waals surface area contributed by atoms with Crippen LogP contribution in [0.1, 0.15) is 70.4 Å². The number of nitrogens with two attached hydrogens (primary N) is 3. The van der Waals surface area contributed by atoms with Gasteiger partial charge in [-0.05, 0) is 78.5 Å². The first kappa shape index (κ1) is 37.3. The van der Waals surface area contributed by atoms with Gasteiger partial charge in [0.25, 0.3) is 5.91 Å². The number of ether oxygens (including phenoxy) is 3. The number of hydrogen-bond acceptors (Lipinski definition) is 12. The molecular weight excluding hydrogens is 620 g/mol. The van der Waals surface area contributed by atoms with Crippen LogP contribution in [0.25, 0.3) is 0 Å². The summed E-state index contributed by atoms with van der Waals surface area (Å²) >= 11 is 5.80. The molecule has 2 aromatic rings. The van der Waals surface area contributed by atoms with Gasteiger partial charge in [0, 0.05) is 6.54 Å². The third-order valence-corrected chi connectivity index (χ3v) is 5.81. The first-order valence-electron chi connectivity index (χ1n) is 14.3. The highest BCUT2D eigenvalue weighted by Crippen LogP contribution is 2.18. The lowest BCUT2D eigenvalue weighted by atomic mass is 10.1. The molecule has 16 nitrogen and oxygen atoms in total. The molecule has 0 aliphatic heterocycles. The molecule has 9 N–H and O–H groups in total. The zero-order chi connectivity index (χ0) is 34.7. The van der Waals surface area contributed by atoms with E-state index in [4.69, 9.17) is 48.4 Å². The van der Waals surface area contributed by atoms with Crippen molar-refractivity contribution in [1.29, 1.82) is 5.41 Å². The van der Waals surface area contributed by atoms with Crippen LogP contribution in [0.4, 0.5) is 21.2 Å². The van der Waals surface area contributed by atoms with E-state index in [0.717, 1.165) is 23.3 Å². The fourth-order valence-corrected chi connectivity index (χ4v) is 3.68. The number of aromatic nitrogens is 2. The molecule has 0 spiro atoms. The second kappa shape index (κ2) is 16.5. The van der Waals surface area contributed by atoms with E-state index in [-0.39, 0.29) is 41.6 Å². The molecule has 0 atom stereocenters. The Balaban J connectivity index is 1.82. The number of anilines is 2. The number of benzene rings is 1. The van der Waals surface area contributed by atoms with Crippen molar-refractivity contribution in [1.82, 2.24) is 25.5 Å². The highest BCUT2D eigenvalue weighted by atomic mass is 35.5. The Bertz CT molecular complexity index is 1420. The first-order chi connectivity index (χ1) is 21.3. The summed E-state index contributed by atoms with van der Waals surface area (Å²) in [6, 6.07) is 7.41. The molecule has 252 valence electrons. The summed E-state index contributed by atoms with van der Waals surface area (Å²) in [7, 11) is 0. The van der Waals surface area contributed by atoms with E-state index >= 15 is 0 Å². The number of alkyl carbamates (subject to hydrolysis) is 1. The molecule has 0 aliphatic rings. The van der Waals surface area contributed by atoms with E-state index in [1.54, 1.807) is 53.7 Å². The third kappa shape index (κ3) is 13.4. The van der Waals surface area contributed by atoms with E-state index in [1.807, 2.05) is 12.1 Å². The molecule has 46 heavy (non-hydrogen) atoms. The number of nitrogens with zero attached hydrogens (tertiary/aromatic N) is 4. The van der Waals surface area contributed by atoms with Gasteiger partial charge in [0.1, 0.15) is 23.6 Å². The Morgan fingerprint density at radius 2 is 1.59 bits per heavy atom. The minimum absolute atomic E-state index is 0.0253. The van der Waals surface area contributed by atoms with Crippen LogP contribution in [0, 0.1) is 5.41 Å². The molecule has 0 fully saturated rings. The van der Waals surface area contributed by atoms with Crippen molar-refractivity contribution in [3.05, 3.63) is 40.7 Å². The molecule has 2 rings (SSSR count).